The lowest BCUT2D eigenvalue weighted by atomic mass is 10.1. The van der Waals surface area contributed by atoms with Gasteiger partial charge in [-0.05, 0) is 63.1 Å². The maximum Gasteiger partial charge on any atom is 0.408 e. The molecular weight excluding hydrogens is 482 g/mol. The quantitative estimate of drug-likeness (QED) is 0.350. The molecule has 1 amide bonds. The van der Waals surface area contributed by atoms with Gasteiger partial charge < -0.3 is 28.7 Å². The first-order chi connectivity index (χ1) is 17.4. The number of benzene rings is 2. The molecule has 0 saturated heterocycles. The number of esters is 2. The number of hydrogen-bond acceptors (Lipinski definition) is 9. The molecule has 10 heteroatoms. The molecule has 0 saturated carbocycles. The van der Waals surface area contributed by atoms with E-state index in [0.29, 0.717) is 11.3 Å². The minimum atomic E-state index is -0.959. The van der Waals surface area contributed by atoms with Gasteiger partial charge in [0.25, 0.3) is 0 Å². The van der Waals surface area contributed by atoms with Crippen LogP contribution in [0.4, 0.5) is 4.79 Å². The number of alkyl carbamates (subject to hydrolysis) is 1. The lowest BCUT2D eigenvalue weighted by Gasteiger charge is -2.24. The predicted molar refractivity (Wildman–Crippen MR) is 134 cm³/mol. The number of rotatable bonds is 7. The van der Waals surface area contributed by atoms with Crippen molar-refractivity contribution in [2.75, 3.05) is 7.11 Å². The summed E-state index contributed by atoms with van der Waals surface area (Å²) in [5.74, 6) is -1.08. The number of amides is 1. The van der Waals surface area contributed by atoms with Crippen LogP contribution in [0.5, 0.6) is 17.2 Å². The molecular formula is C27H29NO9. The maximum atomic E-state index is 12.9. The fraction of sp³-hybridized carbons (Fsp3) is 0.333. The molecule has 0 aliphatic carbocycles. The lowest BCUT2D eigenvalue weighted by molar-refractivity contribution is -0.137. The minimum Gasteiger partial charge on any atom is -0.465 e. The van der Waals surface area contributed by atoms with Gasteiger partial charge in [-0.15, -0.1) is 0 Å². The molecule has 3 rings (SSSR count). The Kier molecular flexibility index (Phi) is 8.21. The average Bonchev–Trinajstić information content (AvgIpc) is 2.83. The SMILES string of the molecule is COC(=O)c1ccc(Oc2coc3cc(OC(=O)C(NC(=O)OC(C)(C)C)C(C)C)ccc3c2=O)cc1. The Labute approximate surface area is 213 Å². The molecule has 1 heterocycles. The summed E-state index contributed by atoms with van der Waals surface area (Å²) in [6.45, 7) is 8.67. The third-order valence-electron chi connectivity index (χ3n) is 5.03. The molecule has 3 aromatic rings. The number of methoxy groups -OCH3 is 1. The maximum absolute atomic E-state index is 12.9. The van der Waals surface area contributed by atoms with E-state index in [2.05, 4.69) is 10.1 Å². The highest BCUT2D eigenvalue weighted by Crippen LogP contribution is 2.25. The Hall–Kier alpha value is -4.34. The molecule has 1 N–H and O–H groups in total. The molecule has 0 radical (unpaired) electrons. The predicted octanol–water partition coefficient (Wildman–Crippen LogP) is 4.83. The molecule has 0 fully saturated rings. The van der Waals surface area contributed by atoms with Crippen LogP contribution in [0.15, 0.2) is 57.9 Å². The first-order valence-electron chi connectivity index (χ1n) is 11.5. The Bertz CT molecular complexity index is 1350. The van der Waals surface area contributed by atoms with Gasteiger partial charge in [-0.25, -0.2) is 14.4 Å². The van der Waals surface area contributed by atoms with E-state index in [0.717, 1.165) is 6.26 Å². The zero-order valence-electron chi connectivity index (χ0n) is 21.4. The van der Waals surface area contributed by atoms with Crippen LogP contribution in [0.25, 0.3) is 11.0 Å². The van der Waals surface area contributed by atoms with Crippen LogP contribution in [0, 0.1) is 5.92 Å². The Morgan fingerprint density at radius 2 is 1.62 bits per heavy atom. The van der Waals surface area contributed by atoms with Crippen molar-refractivity contribution < 1.29 is 37.7 Å². The number of fused-ring (bicyclic) bond motifs is 1. The smallest absolute Gasteiger partial charge is 0.408 e. The average molecular weight is 512 g/mol. The summed E-state index contributed by atoms with van der Waals surface area (Å²) in [7, 11) is 1.28. The van der Waals surface area contributed by atoms with Crippen LogP contribution >= 0.6 is 0 Å². The van der Waals surface area contributed by atoms with E-state index in [1.54, 1.807) is 34.6 Å². The largest absolute Gasteiger partial charge is 0.465 e. The van der Waals surface area contributed by atoms with Gasteiger partial charge in [0.15, 0.2) is 0 Å². The van der Waals surface area contributed by atoms with Crippen molar-refractivity contribution in [1.29, 1.82) is 0 Å². The van der Waals surface area contributed by atoms with Gasteiger partial charge in [0.05, 0.1) is 18.1 Å². The number of ether oxygens (including phenoxy) is 4. The van der Waals surface area contributed by atoms with Crippen LogP contribution in [-0.4, -0.2) is 36.8 Å². The third kappa shape index (κ3) is 7.09. The summed E-state index contributed by atoms with van der Waals surface area (Å²) in [5, 5.41) is 2.74. The Morgan fingerprint density at radius 3 is 2.22 bits per heavy atom. The molecule has 196 valence electrons. The van der Waals surface area contributed by atoms with E-state index in [1.807, 2.05) is 0 Å². The van der Waals surface area contributed by atoms with Crippen LogP contribution in [-0.2, 0) is 14.3 Å². The van der Waals surface area contributed by atoms with E-state index >= 15 is 0 Å². The van der Waals surface area contributed by atoms with Gasteiger partial charge in [-0.3, -0.25) is 4.79 Å². The van der Waals surface area contributed by atoms with Crippen molar-refractivity contribution in [1.82, 2.24) is 5.32 Å². The molecule has 37 heavy (non-hydrogen) atoms. The second-order valence-electron chi connectivity index (χ2n) is 9.49. The van der Waals surface area contributed by atoms with Crippen molar-refractivity contribution >= 4 is 29.0 Å². The Balaban J connectivity index is 1.75. The fourth-order valence-electron chi connectivity index (χ4n) is 3.24. The molecule has 1 unspecified atom stereocenters. The number of hydrogen-bond donors (Lipinski definition) is 1. The van der Waals surface area contributed by atoms with Gasteiger partial charge in [0.2, 0.25) is 11.2 Å². The molecule has 0 aliphatic heterocycles. The normalized spacial score (nSPS) is 12.1. The zero-order valence-corrected chi connectivity index (χ0v) is 21.4. The van der Waals surface area contributed by atoms with E-state index in [1.165, 1.54) is 49.6 Å². The van der Waals surface area contributed by atoms with Crippen LogP contribution in [0.1, 0.15) is 45.0 Å². The zero-order chi connectivity index (χ0) is 27.3. The first-order valence-corrected chi connectivity index (χ1v) is 11.5. The van der Waals surface area contributed by atoms with Gasteiger partial charge in [0.1, 0.15) is 35.0 Å². The second-order valence-corrected chi connectivity index (χ2v) is 9.49. The molecule has 0 aliphatic rings. The highest BCUT2D eigenvalue weighted by molar-refractivity contribution is 5.89. The van der Waals surface area contributed by atoms with Crippen molar-refractivity contribution in [2.24, 2.45) is 5.92 Å². The van der Waals surface area contributed by atoms with Gasteiger partial charge in [0, 0.05) is 6.07 Å². The molecule has 0 spiro atoms. The minimum absolute atomic E-state index is 0.0653. The van der Waals surface area contributed by atoms with Crippen molar-refractivity contribution in [3.8, 4) is 17.2 Å². The molecule has 10 nitrogen and oxygen atoms in total. The van der Waals surface area contributed by atoms with Gasteiger partial charge >= 0.3 is 18.0 Å². The van der Waals surface area contributed by atoms with Crippen molar-refractivity contribution in [3.63, 3.8) is 0 Å². The Morgan fingerprint density at radius 1 is 0.973 bits per heavy atom. The van der Waals surface area contributed by atoms with Gasteiger partial charge in [-0.1, -0.05) is 13.8 Å². The van der Waals surface area contributed by atoms with E-state index < -0.39 is 35.1 Å². The van der Waals surface area contributed by atoms with Crippen molar-refractivity contribution in [3.05, 3.63) is 64.5 Å². The third-order valence-corrected chi connectivity index (χ3v) is 5.03. The molecule has 1 aromatic heterocycles. The second kappa shape index (κ2) is 11.2. The number of carbonyl (C=O) groups excluding carboxylic acids is 3. The van der Waals surface area contributed by atoms with E-state index in [9.17, 15) is 19.2 Å². The summed E-state index contributed by atoms with van der Waals surface area (Å²) < 4.78 is 26.5. The monoisotopic (exact) mass is 511 g/mol. The van der Waals surface area contributed by atoms with Crippen LogP contribution < -0.4 is 20.2 Å². The van der Waals surface area contributed by atoms with Crippen molar-refractivity contribution in [2.45, 2.75) is 46.3 Å². The van der Waals surface area contributed by atoms with E-state index in [4.69, 9.17) is 18.6 Å². The summed E-state index contributed by atoms with van der Waals surface area (Å²) in [4.78, 5) is 49.4. The standard InChI is InChI=1S/C27H29NO9/c1-15(2)22(28-26(32)37-27(3,4)5)25(31)36-18-11-12-19-20(13-18)34-14-21(23(19)29)35-17-9-7-16(8-10-17)24(30)33-6/h7-15,22H,1-6H3,(H,28,32). The highest BCUT2D eigenvalue weighted by atomic mass is 16.6. The number of carbonyl (C=O) groups is 3. The summed E-state index contributed by atoms with van der Waals surface area (Å²) in [5.41, 5.74) is -0.656. The summed E-state index contributed by atoms with van der Waals surface area (Å²) in [6, 6.07) is 9.38. The van der Waals surface area contributed by atoms with E-state index in [-0.39, 0.29) is 28.4 Å². The molecule has 0 bridgehead atoms. The fourth-order valence-corrected chi connectivity index (χ4v) is 3.24. The summed E-state index contributed by atoms with van der Waals surface area (Å²) in [6.07, 6.45) is 0.408. The van der Waals surface area contributed by atoms with Crippen LogP contribution in [0.2, 0.25) is 0 Å². The topological polar surface area (TPSA) is 130 Å². The first kappa shape index (κ1) is 27.3. The van der Waals surface area contributed by atoms with Gasteiger partial charge in [-0.2, -0.15) is 0 Å². The lowest BCUT2D eigenvalue weighted by Crippen LogP contribution is -2.48. The summed E-state index contributed by atoms with van der Waals surface area (Å²) >= 11 is 0. The van der Waals surface area contributed by atoms with Crippen LogP contribution in [0.3, 0.4) is 0 Å². The number of nitrogens with one attached hydrogen (secondary N) is 1. The highest BCUT2D eigenvalue weighted by Gasteiger charge is 2.28. The molecule has 1 atom stereocenters. The molecule has 2 aromatic carbocycles.